The summed E-state index contributed by atoms with van der Waals surface area (Å²) in [5.74, 6) is 0.817. The molecule has 1 unspecified atom stereocenters. The highest BCUT2D eigenvalue weighted by Crippen LogP contribution is 2.14. The molecular formula is C14H15N3O. The minimum absolute atomic E-state index is 0.203. The van der Waals surface area contributed by atoms with Crippen molar-refractivity contribution in [1.29, 1.82) is 5.26 Å². The van der Waals surface area contributed by atoms with Gasteiger partial charge in [0.1, 0.15) is 5.76 Å². The highest BCUT2D eigenvalue weighted by atomic mass is 16.5. The van der Waals surface area contributed by atoms with Crippen LogP contribution in [0, 0.1) is 18.3 Å². The number of hydrogen-bond acceptors (Lipinski definition) is 4. The predicted molar refractivity (Wildman–Crippen MR) is 67.7 cm³/mol. The van der Waals surface area contributed by atoms with Gasteiger partial charge in [0, 0.05) is 18.7 Å². The van der Waals surface area contributed by atoms with Crippen LogP contribution in [-0.2, 0) is 6.54 Å². The molecule has 2 aromatic rings. The van der Waals surface area contributed by atoms with Crippen LogP contribution in [0.2, 0.25) is 0 Å². The Morgan fingerprint density at radius 2 is 2.11 bits per heavy atom. The molecule has 0 aliphatic carbocycles. The van der Waals surface area contributed by atoms with Crippen LogP contribution >= 0.6 is 0 Å². The standard InChI is InChI=1S/C14H15N3O/c1-10-7-14(17-18-10)9-16-11(2)13-5-3-12(8-15)4-6-13/h3-7,11,16H,9H2,1-2H3. The second-order valence-corrected chi connectivity index (χ2v) is 4.27. The number of nitriles is 1. The summed E-state index contributed by atoms with van der Waals surface area (Å²) < 4.78 is 5.01. The average molecular weight is 241 g/mol. The van der Waals surface area contributed by atoms with Gasteiger partial charge in [-0.25, -0.2) is 0 Å². The van der Waals surface area contributed by atoms with Gasteiger partial charge < -0.3 is 9.84 Å². The highest BCUT2D eigenvalue weighted by molar-refractivity contribution is 5.32. The van der Waals surface area contributed by atoms with Gasteiger partial charge in [0.25, 0.3) is 0 Å². The molecule has 1 atom stereocenters. The fourth-order valence-electron chi connectivity index (χ4n) is 1.72. The lowest BCUT2D eigenvalue weighted by atomic mass is 10.1. The topological polar surface area (TPSA) is 61.9 Å². The molecule has 0 amide bonds. The lowest BCUT2D eigenvalue weighted by Gasteiger charge is -2.12. The summed E-state index contributed by atoms with van der Waals surface area (Å²) in [6.45, 7) is 4.62. The molecule has 2 rings (SSSR count). The van der Waals surface area contributed by atoms with Gasteiger partial charge in [0.15, 0.2) is 0 Å². The average Bonchev–Trinajstić information content (AvgIpc) is 2.82. The first-order valence-corrected chi connectivity index (χ1v) is 5.84. The number of aromatic nitrogens is 1. The molecule has 92 valence electrons. The predicted octanol–water partition coefficient (Wildman–Crippen LogP) is 2.71. The summed E-state index contributed by atoms with van der Waals surface area (Å²) in [6, 6.07) is 11.8. The third-order valence-corrected chi connectivity index (χ3v) is 2.81. The summed E-state index contributed by atoms with van der Waals surface area (Å²) in [4.78, 5) is 0. The van der Waals surface area contributed by atoms with Crippen molar-refractivity contribution in [3.8, 4) is 6.07 Å². The van der Waals surface area contributed by atoms with E-state index in [-0.39, 0.29) is 6.04 Å². The third kappa shape index (κ3) is 2.96. The van der Waals surface area contributed by atoms with E-state index in [1.165, 1.54) is 0 Å². The number of rotatable bonds is 4. The van der Waals surface area contributed by atoms with Crippen LogP contribution in [-0.4, -0.2) is 5.16 Å². The van der Waals surface area contributed by atoms with Crippen molar-refractivity contribution in [1.82, 2.24) is 10.5 Å². The zero-order chi connectivity index (χ0) is 13.0. The zero-order valence-corrected chi connectivity index (χ0v) is 10.5. The molecule has 1 heterocycles. The van der Waals surface area contributed by atoms with Crippen molar-refractivity contribution in [2.24, 2.45) is 0 Å². The molecule has 1 aromatic carbocycles. The molecule has 1 aromatic heterocycles. The first kappa shape index (κ1) is 12.3. The van der Waals surface area contributed by atoms with Crippen LogP contribution in [0.1, 0.15) is 35.5 Å². The Hall–Kier alpha value is -2.12. The molecule has 4 nitrogen and oxygen atoms in total. The van der Waals surface area contributed by atoms with E-state index in [1.807, 2.05) is 37.3 Å². The first-order valence-electron chi connectivity index (χ1n) is 5.84. The van der Waals surface area contributed by atoms with Crippen molar-refractivity contribution in [2.75, 3.05) is 0 Å². The van der Waals surface area contributed by atoms with Gasteiger partial charge in [-0.3, -0.25) is 0 Å². The maximum atomic E-state index is 8.74. The maximum Gasteiger partial charge on any atom is 0.133 e. The summed E-state index contributed by atoms with van der Waals surface area (Å²) in [5, 5.41) is 16.0. The minimum Gasteiger partial charge on any atom is -0.361 e. The van der Waals surface area contributed by atoms with E-state index < -0.39 is 0 Å². The Morgan fingerprint density at radius 3 is 2.67 bits per heavy atom. The largest absolute Gasteiger partial charge is 0.361 e. The number of nitrogens with one attached hydrogen (secondary N) is 1. The van der Waals surface area contributed by atoms with E-state index in [1.54, 1.807) is 0 Å². The summed E-state index contributed by atoms with van der Waals surface area (Å²) in [5.41, 5.74) is 2.72. The Balaban J connectivity index is 1.95. The number of benzene rings is 1. The summed E-state index contributed by atoms with van der Waals surface area (Å²) in [6.07, 6.45) is 0. The van der Waals surface area contributed by atoms with Crippen LogP contribution in [0.5, 0.6) is 0 Å². The monoisotopic (exact) mass is 241 g/mol. The SMILES string of the molecule is Cc1cc(CNC(C)c2ccc(C#N)cc2)no1. The van der Waals surface area contributed by atoms with Crippen LogP contribution < -0.4 is 5.32 Å². The number of nitrogens with zero attached hydrogens (tertiary/aromatic N) is 2. The molecule has 18 heavy (non-hydrogen) atoms. The smallest absolute Gasteiger partial charge is 0.133 e. The number of aryl methyl sites for hydroxylation is 1. The summed E-state index contributed by atoms with van der Waals surface area (Å²) in [7, 11) is 0. The second-order valence-electron chi connectivity index (χ2n) is 4.27. The first-order chi connectivity index (χ1) is 8.69. The van der Waals surface area contributed by atoms with Crippen molar-refractivity contribution >= 4 is 0 Å². The number of hydrogen-bond donors (Lipinski definition) is 1. The van der Waals surface area contributed by atoms with Gasteiger partial charge in [-0.2, -0.15) is 5.26 Å². The van der Waals surface area contributed by atoms with Crippen LogP contribution in [0.4, 0.5) is 0 Å². The third-order valence-electron chi connectivity index (χ3n) is 2.81. The van der Waals surface area contributed by atoms with Crippen molar-refractivity contribution in [3.05, 3.63) is 52.9 Å². The minimum atomic E-state index is 0.203. The van der Waals surface area contributed by atoms with Gasteiger partial charge in [-0.1, -0.05) is 17.3 Å². The van der Waals surface area contributed by atoms with E-state index in [4.69, 9.17) is 9.78 Å². The van der Waals surface area contributed by atoms with E-state index in [2.05, 4.69) is 23.5 Å². The lowest BCUT2D eigenvalue weighted by molar-refractivity contribution is 0.386. The van der Waals surface area contributed by atoms with Crippen molar-refractivity contribution in [3.63, 3.8) is 0 Å². The molecule has 0 spiro atoms. The van der Waals surface area contributed by atoms with E-state index >= 15 is 0 Å². The summed E-state index contributed by atoms with van der Waals surface area (Å²) >= 11 is 0. The lowest BCUT2D eigenvalue weighted by Crippen LogP contribution is -2.18. The Morgan fingerprint density at radius 1 is 1.39 bits per heavy atom. The molecule has 0 radical (unpaired) electrons. The fraction of sp³-hybridized carbons (Fsp3) is 0.286. The van der Waals surface area contributed by atoms with Crippen molar-refractivity contribution in [2.45, 2.75) is 26.4 Å². The zero-order valence-electron chi connectivity index (χ0n) is 10.5. The molecule has 0 bridgehead atoms. The van der Waals surface area contributed by atoms with E-state index in [9.17, 15) is 0 Å². The van der Waals surface area contributed by atoms with Gasteiger partial charge >= 0.3 is 0 Å². The van der Waals surface area contributed by atoms with E-state index in [0.29, 0.717) is 12.1 Å². The van der Waals surface area contributed by atoms with Crippen LogP contribution in [0.3, 0.4) is 0 Å². The van der Waals surface area contributed by atoms with Gasteiger partial charge in [0.05, 0.1) is 17.3 Å². The Labute approximate surface area is 106 Å². The quantitative estimate of drug-likeness (QED) is 0.894. The van der Waals surface area contributed by atoms with Crippen molar-refractivity contribution < 1.29 is 4.52 Å². The molecule has 1 N–H and O–H groups in total. The Bertz CT molecular complexity index is 551. The van der Waals surface area contributed by atoms with Gasteiger partial charge in [-0.05, 0) is 31.5 Å². The highest BCUT2D eigenvalue weighted by Gasteiger charge is 2.06. The van der Waals surface area contributed by atoms with Gasteiger partial charge in [-0.15, -0.1) is 0 Å². The molecule has 0 fully saturated rings. The molecule has 0 aliphatic heterocycles. The molecule has 0 saturated carbocycles. The molecule has 0 saturated heterocycles. The van der Waals surface area contributed by atoms with Crippen LogP contribution in [0.25, 0.3) is 0 Å². The van der Waals surface area contributed by atoms with Crippen LogP contribution in [0.15, 0.2) is 34.9 Å². The van der Waals surface area contributed by atoms with Gasteiger partial charge in [0.2, 0.25) is 0 Å². The van der Waals surface area contributed by atoms with E-state index in [0.717, 1.165) is 17.0 Å². The fourth-order valence-corrected chi connectivity index (χ4v) is 1.72. The second kappa shape index (κ2) is 5.48. The molecular weight excluding hydrogens is 226 g/mol. The normalized spacial score (nSPS) is 12.1. The molecule has 0 aliphatic rings. The Kier molecular flexibility index (Phi) is 3.75. The maximum absolute atomic E-state index is 8.74. The molecule has 4 heteroatoms.